The Morgan fingerprint density at radius 1 is 1.35 bits per heavy atom. The van der Waals surface area contributed by atoms with Crippen LogP contribution in [0.4, 0.5) is 5.82 Å². The maximum absolute atomic E-state index is 10.7. The lowest BCUT2D eigenvalue weighted by molar-refractivity contribution is -0.694. The minimum atomic E-state index is -4.44. The second kappa shape index (κ2) is 7.14. The Hall–Kier alpha value is -1.86. The van der Waals surface area contributed by atoms with Crippen molar-refractivity contribution in [3.63, 3.8) is 0 Å². The summed E-state index contributed by atoms with van der Waals surface area (Å²) in [5.41, 5.74) is 8.62. The summed E-state index contributed by atoms with van der Waals surface area (Å²) in [6, 6.07) is 3.76. The van der Waals surface area contributed by atoms with Crippen molar-refractivity contribution in [2.24, 2.45) is 0 Å². The van der Waals surface area contributed by atoms with Crippen molar-refractivity contribution in [2.75, 3.05) is 12.3 Å². The molecular weight excluding hydrogens is 319 g/mol. The van der Waals surface area contributed by atoms with E-state index in [4.69, 9.17) is 15.5 Å². The lowest BCUT2D eigenvalue weighted by Crippen LogP contribution is -2.38. The molecule has 0 saturated heterocycles. The molecule has 0 amide bonds. The molecule has 0 fully saturated rings. The second-order valence-electron chi connectivity index (χ2n) is 5.15. The van der Waals surface area contributed by atoms with Crippen LogP contribution in [-0.4, -0.2) is 26.4 Å². The van der Waals surface area contributed by atoms with Crippen molar-refractivity contribution >= 4 is 13.6 Å². The number of anilines is 1. The van der Waals surface area contributed by atoms with E-state index in [0.29, 0.717) is 24.6 Å². The van der Waals surface area contributed by atoms with Gasteiger partial charge in [0.15, 0.2) is 18.4 Å². The molecule has 2 heterocycles. The van der Waals surface area contributed by atoms with E-state index in [-0.39, 0.29) is 6.61 Å². The zero-order valence-corrected chi connectivity index (χ0v) is 13.9. The third-order valence-electron chi connectivity index (χ3n) is 3.45. The van der Waals surface area contributed by atoms with Crippen LogP contribution in [0, 0.1) is 13.8 Å². The maximum Gasteiger partial charge on any atom is 0.469 e. The highest BCUT2D eigenvalue weighted by molar-refractivity contribution is 7.46. The minimum absolute atomic E-state index is 0.0507. The number of pyridine rings is 1. The SMILES string of the molecule is Cc1ncc(C[n+]2cccc(CCOP(=O)(O)O)c2C)c(N)n1. The molecule has 0 unspecified atom stereocenters. The third-order valence-corrected chi connectivity index (χ3v) is 3.97. The number of nitrogens with two attached hydrogens (primary N) is 1. The topological polar surface area (TPSA) is 122 Å². The van der Waals surface area contributed by atoms with Gasteiger partial charge in [-0.1, -0.05) is 0 Å². The van der Waals surface area contributed by atoms with Crippen molar-refractivity contribution in [3.05, 3.63) is 47.2 Å². The highest BCUT2D eigenvalue weighted by Gasteiger charge is 2.17. The fourth-order valence-electron chi connectivity index (χ4n) is 2.21. The summed E-state index contributed by atoms with van der Waals surface area (Å²) in [6.45, 7) is 4.17. The Morgan fingerprint density at radius 2 is 2.09 bits per heavy atom. The predicted octanol–water partition coefficient (Wildman–Crippen LogP) is 0.663. The average molecular weight is 339 g/mol. The number of phosphoric ester groups is 1. The summed E-state index contributed by atoms with van der Waals surface area (Å²) in [7, 11) is -4.44. The van der Waals surface area contributed by atoms with Crippen LogP contribution >= 0.6 is 7.82 Å². The molecule has 0 radical (unpaired) electrons. The first-order chi connectivity index (χ1) is 10.8. The fourth-order valence-corrected chi connectivity index (χ4v) is 2.54. The van der Waals surface area contributed by atoms with Crippen molar-refractivity contribution < 1.29 is 23.4 Å². The van der Waals surface area contributed by atoms with Crippen molar-refractivity contribution in [2.45, 2.75) is 26.8 Å². The number of nitrogens with zero attached hydrogens (tertiary/aromatic N) is 3. The monoisotopic (exact) mass is 339 g/mol. The van der Waals surface area contributed by atoms with Gasteiger partial charge in [-0.3, -0.25) is 4.52 Å². The summed E-state index contributed by atoms with van der Waals surface area (Å²) in [5, 5.41) is 0. The molecule has 0 atom stereocenters. The quantitative estimate of drug-likeness (QED) is 0.522. The van der Waals surface area contributed by atoms with Gasteiger partial charge in [-0.05, 0) is 13.0 Å². The summed E-state index contributed by atoms with van der Waals surface area (Å²) in [6.07, 6.45) is 4.01. The van der Waals surface area contributed by atoms with Crippen LogP contribution in [0.1, 0.15) is 22.6 Å². The van der Waals surface area contributed by atoms with Crippen molar-refractivity contribution in [1.29, 1.82) is 0 Å². The van der Waals surface area contributed by atoms with Crippen LogP contribution in [0.2, 0.25) is 0 Å². The van der Waals surface area contributed by atoms with Gasteiger partial charge in [0, 0.05) is 31.2 Å². The number of rotatable bonds is 6. The molecular formula is C14H20N4O4P+. The van der Waals surface area contributed by atoms with E-state index in [1.165, 1.54) is 0 Å². The molecule has 2 aromatic heterocycles. The largest absolute Gasteiger partial charge is 0.469 e. The molecule has 4 N–H and O–H groups in total. The lowest BCUT2D eigenvalue weighted by atomic mass is 10.1. The van der Waals surface area contributed by atoms with Gasteiger partial charge in [-0.2, -0.15) is 4.57 Å². The van der Waals surface area contributed by atoms with Gasteiger partial charge in [0.05, 0.1) is 12.2 Å². The smallest absolute Gasteiger partial charge is 0.383 e. The number of aromatic nitrogens is 3. The van der Waals surface area contributed by atoms with Gasteiger partial charge in [0.25, 0.3) is 0 Å². The predicted molar refractivity (Wildman–Crippen MR) is 83.4 cm³/mol. The molecule has 0 bridgehead atoms. The van der Waals surface area contributed by atoms with Gasteiger partial charge in [-0.25, -0.2) is 14.5 Å². The number of phosphoric acid groups is 1. The Labute approximate surface area is 134 Å². The van der Waals surface area contributed by atoms with Crippen LogP contribution in [0.15, 0.2) is 24.5 Å². The highest BCUT2D eigenvalue weighted by atomic mass is 31.2. The van der Waals surface area contributed by atoms with Gasteiger partial charge in [0.1, 0.15) is 11.6 Å². The Morgan fingerprint density at radius 3 is 2.74 bits per heavy atom. The van der Waals surface area contributed by atoms with Crippen LogP contribution in [-0.2, 0) is 22.1 Å². The second-order valence-corrected chi connectivity index (χ2v) is 6.39. The highest BCUT2D eigenvalue weighted by Crippen LogP contribution is 2.35. The van der Waals surface area contributed by atoms with Crippen LogP contribution in [0.3, 0.4) is 0 Å². The molecule has 8 nitrogen and oxygen atoms in total. The molecule has 0 saturated carbocycles. The van der Waals surface area contributed by atoms with Crippen LogP contribution in [0.25, 0.3) is 0 Å². The van der Waals surface area contributed by atoms with E-state index in [2.05, 4.69) is 14.5 Å². The van der Waals surface area contributed by atoms with Crippen LogP contribution in [0.5, 0.6) is 0 Å². The lowest BCUT2D eigenvalue weighted by Gasteiger charge is -2.08. The summed E-state index contributed by atoms with van der Waals surface area (Å²) >= 11 is 0. The number of hydrogen-bond acceptors (Lipinski definition) is 5. The first kappa shape index (κ1) is 17.5. The molecule has 9 heteroatoms. The van der Waals surface area contributed by atoms with E-state index in [1.54, 1.807) is 13.1 Å². The molecule has 23 heavy (non-hydrogen) atoms. The number of hydrogen-bond donors (Lipinski definition) is 3. The van der Waals surface area contributed by atoms with E-state index in [0.717, 1.165) is 16.8 Å². The van der Waals surface area contributed by atoms with E-state index in [1.807, 2.05) is 29.8 Å². The first-order valence-corrected chi connectivity index (χ1v) is 8.55. The van der Waals surface area contributed by atoms with E-state index in [9.17, 15) is 4.57 Å². The molecule has 2 rings (SSSR count). The zero-order chi connectivity index (χ0) is 17.0. The van der Waals surface area contributed by atoms with Crippen molar-refractivity contribution in [3.8, 4) is 0 Å². The fraction of sp³-hybridized carbons (Fsp3) is 0.357. The molecule has 0 aliphatic heterocycles. The molecule has 0 aliphatic rings. The minimum Gasteiger partial charge on any atom is -0.383 e. The molecule has 0 spiro atoms. The molecule has 0 aliphatic carbocycles. The summed E-state index contributed by atoms with van der Waals surface area (Å²) < 4.78 is 17.2. The Balaban J connectivity index is 2.14. The summed E-state index contributed by atoms with van der Waals surface area (Å²) in [4.78, 5) is 25.7. The first-order valence-electron chi connectivity index (χ1n) is 7.02. The van der Waals surface area contributed by atoms with Crippen molar-refractivity contribution in [1.82, 2.24) is 9.97 Å². The molecule has 2 aromatic rings. The number of aryl methyl sites for hydroxylation is 1. The van der Waals surface area contributed by atoms with Gasteiger partial charge in [-0.15, -0.1) is 0 Å². The Kier molecular flexibility index (Phi) is 5.43. The number of nitrogen functional groups attached to an aromatic ring is 1. The van der Waals surface area contributed by atoms with Crippen LogP contribution < -0.4 is 10.3 Å². The standard InChI is InChI=1S/C14H19N4O4P/c1-10-12(5-7-22-23(19,20)21)4-3-6-18(10)9-13-8-16-11(2)17-14(13)15/h3-4,6,8H,5,7,9H2,1-2H3,(H3-,15,16,17,19,20,21)/p+1. The zero-order valence-electron chi connectivity index (χ0n) is 13.0. The van der Waals surface area contributed by atoms with E-state index >= 15 is 0 Å². The normalized spacial score (nSPS) is 11.7. The maximum atomic E-state index is 10.7. The molecule has 124 valence electrons. The Bertz CT molecular complexity index is 748. The van der Waals surface area contributed by atoms with Gasteiger partial charge >= 0.3 is 7.82 Å². The molecule has 0 aromatic carbocycles. The third kappa shape index (κ3) is 5.07. The van der Waals surface area contributed by atoms with Gasteiger partial charge < -0.3 is 15.5 Å². The summed E-state index contributed by atoms with van der Waals surface area (Å²) in [5.74, 6) is 1.07. The van der Waals surface area contributed by atoms with E-state index < -0.39 is 7.82 Å². The average Bonchev–Trinajstić information content (AvgIpc) is 2.44. The van der Waals surface area contributed by atoms with Gasteiger partial charge in [0.2, 0.25) is 0 Å².